The molecule has 0 atom stereocenters. The fourth-order valence-electron chi connectivity index (χ4n) is 3.28. The lowest BCUT2D eigenvalue weighted by molar-refractivity contribution is -0.385. The number of nitrogens with zero attached hydrogens (tertiary/aromatic N) is 4. The number of nitro benzene ring substituents is 1. The van der Waals surface area contributed by atoms with Crippen molar-refractivity contribution in [2.45, 2.75) is 0 Å². The molecule has 0 fully saturated rings. The molecule has 4 aromatic rings. The van der Waals surface area contributed by atoms with Gasteiger partial charge in [-0.2, -0.15) is 5.10 Å². The molecule has 0 radical (unpaired) electrons. The Hall–Kier alpha value is -3.76. The Balaban J connectivity index is 1.66. The van der Waals surface area contributed by atoms with E-state index in [9.17, 15) is 10.1 Å². The van der Waals surface area contributed by atoms with Gasteiger partial charge in [-0.15, -0.1) is 11.3 Å². The Labute approximate surface area is 200 Å². The van der Waals surface area contributed by atoms with Gasteiger partial charge in [0.2, 0.25) is 11.6 Å². The summed E-state index contributed by atoms with van der Waals surface area (Å²) >= 11 is 4.93. The Morgan fingerprint density at radius 2 is 1.85 bits per heavy atom. The molecule has 164 valence electrons. The fraction of sp³-hybridized carbons (Fsp3) is 0.0435. The van der Waals surface area contributed by atoms with Crippen molar-refractivity contribution in [3.8, 4) is 22.8 Å². The molecule has 5 rings (SSSR count). The van der Waals surface area contributed by atoms with E-state index in [0.29, 0.717) is 21.9 Å². The van der Waals surface area contributed by atoms with Crippen molar-refractivity contribution >= 4 is 44.9 Å². The number of para-hydroxylation sites is 1. The Morgan fingerprint density at radius 1 is 1.06 bits per heavy atom. The average Bonchev–Trinajstić information content (AvgIpc) is 3.44. The second-order valence-electron chi connectivity index (χ2n) is 6.94. The zero-order valence-corrected chi connectivity index (χ0v) is 19.3. The smallest absolute Gasteiger partial charge is 0.282 e. The van der Waals surface area contributed by atoms with Crippen LogP contribution in [0.15, 0.2) is 86.7 Å². The third-order valence-corrected chi connectivity index (χ3v) is 6.13. The third-order valence-electron chi connectivity index (χ3n) is 4.82. The van der Waals surface area contributed by atoms with E-state index in [0.717, 1.165) is 21.4 Å². The SMILES string of the molecule is O=[N+]([O-])c1cc2c(cc1C=Nn1c(-c3cccc(Br)c3)csc1=Nc1ccccc1)OCO2. The van der Waals surface area contributed by atoms with Gasteiger partial charge in [-0.05, 0) is 30.3 Å². The summed E-state index contributed by atoms with van der Waals surface area (Å²) in [7, 11) is 0. The van der Waals surface area contributed by atoms with Crippen molar-refractivity contribution in [2.75, 3.05) is 6.79 Å². The number of aromatic nitrogens is 1. The predicted octanol–water partition coefficient (Wildman–Crippen LogP) is 5.73. The van der Waals surface area contributed by atoms with Gasteiger partial charge in [0.05, 0.1) is 34.1 Å². The molecule has 1 aromatic heterocycles. The number of halogens is 1. The summed E-state index contributed by atoms with van der Waals surface area (Å²) in [5, 5.41) is 18.2. The van der Waals surface area contributed by atoms with Gasteiger partial charge in [-0.1, -0.05) is 46.3 Å². The molecule has 0 bridgehead atoms. The van der Waals surface area contributed by atoms with Crippen molar-refractivity contribution in [2.24, 2.45) is 10.1 Å². The number of ether oxygens (including phenoxy) is 2. The van der Waals surface area contributed by atoms with E-state index in [-0.39, 0.29) is 12.5 Å². The van der Waals surface area contributed by atoms with E-state index in [1.54, 1.807) is 10.7 Å². The first-order valence-corrected chi connectivity index (χ1v) is 11.4. The van der Waals surface area contributed by atoms with Gasteiger partial charge >= 0.3 is 0 Å². The van der Waals surface area contributed by atoms with Crippen LogP contribution < -0.4 is 14.3 Å². The van der Waals surface area contributed by atoms with E-state index < -0.39 is 4.92 Å². The highest BCUT2D eigenvalue weighted by molar-refractivity contribution is 9.10. The maximum absolute atomic E-state index is 11.6. The lowest BCUT2D eigenvalue weighted by Crippen LogP contribution is -2.11. The van der Waals surface area contributed by atoms with Gasteiger partial charge in [0, 0.05) is 15.4 Å². The lowest BCUT2D eigenvalue weighted by atomic mass is 10.1. The molecule has 33 heavy (non-hydrogen) atoms. The van der Waals surface area contributed by atoms with Crippen molar-refractivity contribution < 1.29 is 14.4 Å². The summed E-state index contributed by atoms with van der Waals surface area (Å²) in [5.74, 6) is 0.787. The molecule has 0 unspecified atom stereocenters. The summed E-state index contributed by atoms with van der Waals surface area (Å²) in [6.07, 6.45) is 1.44. The Kier molecular flexibility index (Phi) is 5.76. The van der Waals surface area contributed by atoms with E-state index in [1.807, 2.05) is 60.0 Å². The number of fused-ring (bicyclic) bond motifs is 1. The average molecular weight is 523 g/mol. The standard InChI is InChI=1S/C23H15BrN4O4S/c24-17-6-4-5-15(9-17)20-13-33-23(26-18-7-2-1-3-8-18)27(20)25-12-16-10-21-22(32-14-31-21)11-19(16)28(29)30/h1-13H,14H2. The number of hydrogen-bond donors (Lipinski definition) is 0. The topological polar surface area (TPSA) is 91.2 Å². The number of nitro groups is 1. The molecular weight excluding hydrogens is 508 g/mol. The van der Waals surface area contributed by atoms with Crippen LogP contribution in [0.2, 0.25) is 0 Å². The van der Waals surface area contributed by atoms with E-state index in [1.165, 1.54) is 23.6 Å². The Bertz CT molecular complexity index is 1450. The Morgan fingerprint density at radius 3 is 2.61 bits per heavy atom. The first-order chi connectivity index (χ1) is 16.1. The monoisotopic (exact) mass is 522 g/mol. The maximum Gasteiger partial charge on any atom is 0.282 e. The highest BCUT2D eigenvalue weighted by atomic mass is 79.9. The van der Waals surface area contributed by atoms with Crippen LogP contribution in [0.4, 0.5) is 11.4 Å². The summed E-state index contributed by atoms with van der Waals surface area (Å²) < 4.78 is 13.3. The third kappa shape index (κ3) is 4.43. The van der Waals surface area contributed by atoms with Gasteiger partial charge in [0.25, 0.3) is 5.69 Å². The summed E-state index contributed by atoms with van der Waals surface area (Å²) in [6.45, 7) is 0.0273. The highest BCUT2D eigenvalue weighted by Crippen LogP contribution is 2.37. The summed E-state index contributed by atoms with van der Waals surface area (Å²) in [6, 6.07) is 20.3. The molecule has 0 amide bonds. The minimum atomic E-state index is -0.466. The molecule has 0 saturated heterocycles. The van der Waals surface area contributed by atoms with Crippen LogP contribution in [0.1, 0.15) is 5.56 Å². The normalized spacial score (nSPS) is 13.1. The van der Waals surface area contributed by atoms with Crippen LogP contribution in [-0.4, -0.2) is 22.6 Å². The van der Waals surface area contributed by atoms with Crippen LogP contribution in [0.5, 0.6) is 11.5 Å². The molecule has 10 heteroatoms. The molecule has 1 aliphatic heterocycles. The molecule has 0 saturated carbocycles. The van der Waals surface area contributed by atoms with Gasteiger partial charge in [-0.3, -0.25) is 10.1 Å². The molecule has 2 heterocycles. The molecule has 0 aliphatic carbocycles. The molecule has 0 spiro atoms. The van der Waals surface area contributed by atoms with Crippen molar-refractivity contribution in [1.82, 2.24) is 4.68 Å². The van der Waals surface area contributed by atoms with Crippen LogP contribution in [0.3, 0.4) is 0 Å². The van der Waals surface area contributed by atoms with Crippen LogP contribution >= 0.6 is 27.3 Å². The van der Waals surface area contributed by atoms with E-state index in [2.05, 4.69) is 21.0 Å². The van der Waals surface area contributed by atoms with Crippen molar-refractivity contribution in [3.63, 3.8) is 0 Å². The molecular formula is C23H15BrN4O4S. The fourth-order valence-corrected chi connectivity index (χ4v) is 4.53. The van der Waals surface area contributed by atoms with Crippen LogP contribution in [0, 0.1) is 10.1 Å². The molecule has 1 aliphatic rings. The number of benzene rings is 3. The van der Waals surface area contributed by atoms with E-state index in [4.69, 9.17) is 14.5 Å². The second kappa shape index (κ2) is 9.00. The second-order valence-corrected chi connectivity index (χ2v) is 8.69. The lowest BCUT2D eigenvalue weighted by Gasteiger charge is -2.05. The van der Waals surface area contributed by atoms with Crippen LogP contribution in [-0.2, 0) is 0 Å². The summed E-state index contributed by atoms with van der Waals surface area (Å²) in [5.41, 5.74) is 2.68. The van der Waals surface area contributed by atoms with Gasteiger partial charge in [0.15, 0.2) is 11.5 Å². The molecule has 3 aromatic carbocycles. The van der Waals surface area contributed by atoms with E-state index >= 15 is 0 Å². The number of rotatable bonds is 5. The maximum atomic E-state index is 11.6. The quantitative estimate of drug-likeness (QED) is 0.190. The minimum Gasteiger partial charge on any atom is -0.454 e. The molecule has 8 nitrogen and oxygen atoms in total. The number of hydrogen-bond acceptors (Lipinski definition) is 7. The predicted molar refractivity (Wildman–Crippen MR) is 129 cm³/mol. The van der Waals surface area contributed by atoms with Crippen molar-refractivity contribution in [3.05, 3.63) is 97.1 Å². The minimum absolute atomic E-state index is 0.0273. The van der Waals surface area contributed by atoms with Gasteiger partial charge in [-0.25, -0.2) is 9.67 Å². The summed E-state index contributed by atoms with van der Waals surface area (Å²) in [4.78, 5) is 16.5. The zero-order valence-electron chi connectivity index (χ0n) is 16.9. The first kappa shape index (κ1) is 21.1. The number of thiazole rings is 1. The zero-order chi connectivity index (χ0) is 22.8. The van der Waals surface area contributed by atoms with Crippen molar-refractivity contribution in [1.29, 1.82) is 0 Å². The highest BCUT2D eigenvalue weighted by Gasteiger charge is 2.22. The van der Waals surface area contributed by atoms with Gasteiger partial charge < -0.3 is 9.47 Å². The van der Waals surface area contributed by atoms with Gasteiger partial charge in [0.1, 0.15) is 0 Å². The van der Waals surface area contributed by atoms with Crippen LogP contribution in [0.25, 0.3) is 11.3 Å². The first-order valence-electron chi connectivity index (χ1n) is 9.77. The largest absolute Gasteiger partial charge is 0.454 e. The molecule has 0 N–H and O–H groups in total.